The molecule has 0 bridgehead atoms. The van der Waals surface area contributed by atoms with Crippen LogP contribution in [-0.2, 0) is 22.1 Å². The number of hydrogen-bond donors (Lipinski definition) is 1. The van der Waals surface area contributed by atoms with Crippen molar-refractivity contribution in [3.05, 3.63) is 46.4 Å². The third-order valence-corrected chi connectivity index (χ3v) is 7.36. The number of hydrogen-bond acceptors (Lipinski definition) is 4. The van der Waals surface area contributed by atoms with Crippen molar-refractivity contribution in [3.8, 4) is 5.69 Å². The van der Waals surface area contributed by atoms with Crippen LogP contribution in [0.15, 0.2) is 35.1 Å². The van der Waals surface area contributed by atoms with E-state index in [9.17, 15) is 18.0 Å². The summed E-state index contributed by atoms with van der Waals surface area (Å²) in [5.41, 5.74) is 1.33. The molecule has 158 valence electrons. The molecule has 9 nitrogen and oxygen atoms in total. The van der Waals surface area contributed by atoms with E-state index < -0.39 is 10.2 Å². The lowest BCUT2D eigenvalue weighted by atomic mass is 9.97. The summed E-state index contributed by atoms with van der Waals surface area (Å²) in [6.07, 6.45) is 0.829. The summed E-state index contributed by atoms with van der Waals surface area (Å²) < 4.78 is 30.2. The smallest absolute Gasteiger partial charge is 0.295 e. The number of piperidine rings is 1. The van der Waals surface area contributed by atoms with Crippen LogP contribution in [-0.4, -0.2) is 59.5 Å². The zero-order valence-corrected chi connectivity index (χ0v) is 17.9. The summed E-state index contributed by atoms with van der Waals surface area (Å²) in [4.78, 5) is 25.7. The highest BCUT2D eigenvalue weighted by Crippen LogP contribution is 2.23. The number of aromatic nitrogens is 2. The molecule has 0 radical (unpaired) electrons. The first kappa shape index (κ1) is 21.3. The number of nitrogens with zero attached hydrogens (tertiary/aromatic N) is 4. The highest BCUT2D eigenvalue weighted by Gasteiger charge is 2.33. The molecule has 1 aliphatic rings. The van der Waals surface area contributed by atoms with Crippen LogP contribution in [0.3, 0.4) is 0 Å². The van der Waals surface area contributed by atoms with E-state index in [2.05, 4.69) is 5.32 Å². The van der Waals surface area contributed by atoms with Gasteiger partial charge in [-0.3, -0.25) is 14.3 Å². The fourth-order valence-electron chi connectivity index (χ4n) is 3.52. The largest absolute Gasteiger partial charge is 0.320 e. The van der Waals surface area contributed by atoms with E-state index in [0.717, 1.165) is 0 Å². The summed E-state index contributed by atoms with van der Waals surface area (Å²) in [6.45, 7) is 2.34. The zero-order valence-electron chi connectivity index (χ0n) is 17.1. The highest BCUT2D eigenvalue weighted by molar-refractivity contribution is 7.86. The Hall–Kier alpha value is -2.43. The van der Waals surface area contributed by atoms with Crippen LogP contribution in [0, 0.1) is 12.8 Å². The molecule has 1 saturated heterocycles. The molecule has 0 aliphatic carbocycles. The van der Waals surface area contributed by atoms with Crippen LogP contribution in [0.2, 0.25) is 0 Å². The maximum absolute atomic E-state index is 12.9. The molecule has 3 rings (SSSR count). The monoisotopic (exact) mass is 421 g/mol. The van der Waals surface area contributed by atoms with Gasteiger partial charge in [0.25, 0.3) is 15.8 Å². The Morgan fingerprint density at radius 3 is 2.28 bits per heavy atom. The van der Waals surface area contributed by atoms with E-state index in [1.165, 1.54) is 27.4 Å². The second-order valence-electron chi connectivity index (χ2n) is 7.39. The lowest BCUT2D eigenvalue weighted by Crippen LogP contribution is -2.46. The maximum Gasteiger partial charge on any atom is 0.295 e. The second-order valence-corrected chi connectivity index (χ2v) is 9.53. The van der Waals surface area contributed by atoms with Gasteiger partial charge >= 0.3 is 0 Å². The molecule has 29 heavy (non-hydrogen) atoms. The molecule has 0 saturated carbocycles. The van der Waals surface area contributed by atoms with E-state index in [4.69, 9.17) is 0 Å². The molecular weight excluding hydrogens is 394 g/mol. The minimum Gasteiger partial charge on any atom is -0.320 e. The van der Waals surface area contributed by atoms with Crippen LogP contribution in [0.5, 0.6) is 0 Å². The quantitative estimate of drug-likeness (QED) is 0.777. The number of carbonyl (C=O) groups excluding carboxylic acids is 1. The third-order valence-electron chi connectivity index (χ3n) is 5.41. The first-order chi connectivity index (χ1) is 13.6. The zero-order chi connectivity index (χ0) is 21.3. The molecular formula is C19H27N5O4S. The van der Waals surface area contributed by atoms with Crippen molar-refractivity contribution in [1.29, 1.82) is 0 Å². The molecule has 2 aromatic rings. The van der Waals surface area contributed by atoms with E-state index in [1.807, 2.05) is 30.3 Å². The summed E-state index contributed by atoms with van der Waals surface area (Å²) in [6, 6.07) is 9.21. The molecule has 2 heterocycles. The average molecular weight is 422 g/mol. The molecule has 1 fully saturated rings. The third kappa shape index (κ3) is 4.00. The summed E-state index contributed by atoms with van der Waals surface area (Å²) in [5.74, 6) is -0.592. The number of carbonyl (C=O) groups is 1. The Balaban J connectivity index is 1.75. The fourth-order valence-corrected chi connectivity index (χ4v) is 4.65. The molecule has 10 heteroatoms. The SMILES string of the molecule is Cc1c(NC(=O)C2CCN(S(=O)(=O)N(C)C)CC2)c(=O)n(-c2ccccc2)n1C. The molecule has 1 aliphatic heterocycles. The topological polar surface area (TPSA) is 96.7 Å². The second kappa shape index (κ2) is 8.13. The van der Waals surface area contributed by atoms with Crippen molar-refractivity contribution in [2.24, 2.45) is 13.0 Å². The molecule has 0 spiro atoms. The van der Waals surface area contributed by atoms with Crippen LogP contribution < -0.4 is 10.9 Å². The lowest BCUT2D eigenvalue weighted by molar-refractivity contribution is -0.120. The molecule has 0 unspecified atom stereocenters. The van der Waals surface area contributed by atoms with Gasteiger partial charge in [0.1, 0.15) is 5.69 Å². The standard InChI is InChI=1S/C19H27N5O4S/c1-14-17(19(26)24(22(14)4)16-8-6-5-7-9-16)20-18(25)15-10-12-23(13-11-15)29(27,28)21(2)3/h5-9,15H,10-13H2,1-4H3,(H,20,25). The number of para-hydroxylation sites is 1. The predicted molar refractivity (Wildman–Crippen MR) is 111 cm³/mol. The van der Waals surface area contributed by atoms with Crippen LogP contribution in [0.1, 0.15) is 18.5 Å². The molecule has 1 N–H and O–H groups in total. The Morgan fingerprint density at radius 2 is 1.72 bits per heavy atom. The van der Waals surface area contributed by atoms with Gasteiger partial charge in [-0.15, -0.1) is 0 Å². The predicted octanol–water partition coefficient (Wildman–Crippen LogP) is 0.941. The van der Waals surface area contributed by atoms with E-state index in [-0.39, 0.29) is 36.2 Å². The summed E-state index contributed by atoms with van der Waals surface area (Å²) in [5, 5.41) is 2.78. The van der Waals surface area contributed by atoms with Gasteiger partial charge < -0.3 is 5.32 Å². The van der Waals surface area contributed by atoms with Crippen molar-refractivity contribution in [1.82, 2.24) is 18.0 Å². The minimum absolute atomic E-state index is 0.252. The van der Waals surface area contributed by atoms with E-state index in [1.54, 1.807) is 18.7 Å². The van der Waals surface area contributed by atoms with Gasteiger partial charge in [0, 0.05) is 40.2 Å². The van der Waals surface area contributed by atoms with E-state index in [0.29, 0.717) is 24.2 Å². The molecule has 1 aromatic carbocycles. The average Bonchev–Trinajstić information content (AvgIpc) is 2.91. The number of amides is 1. The minimum atomic E-state index is -3.48. The van der Waals surface area contributed by atoms with E-state index >= 15 is 0 Å². The Morgan fingerprint density at radius 1 is 1.14 bits per heavy atom. The van der Waals surface area contributed by atoms with Gasteiger partial charge in [0.2, 0.25) is 5.91 Å². The molecule has 0 atom stereocenters. The normalized spacial score (nSPS) is 16.3. The number of rotatable bonds is 5. The highest BCUT2D eigenvalue weighted by atomic mass is 32.2. The molecule has 1 amide bonds. The molecule has 1 aromatic heterocycles. The van der Waals surface area contributed by atoms with Crippen LogP contribution in [0.4, 0.5) is 5.69 Å². The summed E-state index contributed by atoms with van der Waals surface area (Å²) in [7, 11) is 1.27. The van der Waals surface area contributed by atoms with Crippen molar-refractivity contribution >= 4 is 21.8 Å². The maximum atomic E-state index is 12.9. The first-order valence-electron chi connectivity index (χ1n) is 9.47. The van der Waals surface area contributed by atoms with Crippen molar-refractivity contribution < 1.29 is 13.2 Å². The van der Waals surface area contributed by atoms with Crippen LogP contribution in [0.25, 0.3) is 5.69 Å². The lowest BCUT2D eigenvalue weighted by Gasteiger charge is -2.32. The van der Waals surface area contributed by atoms with Crippen molar-refractivity contribution in [2.45, 2.75) is 19.8 Å². The summed E-state index contributed by atoms with van der Waals surface area (Å²) >= 11 is 0. The number of nitrogens with one attached hydrogen (secondary N) is 1. The van der Waals surface area contributed by atoms with Gasteiger partial charge in [-0.25, -0.2) is 4.68 Å². The first-order valence-corrected chi connectivity index (χ1v) is 10.9. The Labute approximate surface area is 170 Å². The van der Waals surface area contributed by atoms with Gasteiger partial charge in [-0.2, -0.15) is 17.0 Å². The fraction of sp³-hybridized carbons (Fsp3) is 0.474. The van der Waals surface area contributed by atoms with Gasteiger partial charge in [-0.1, -0.05) is 18.2 Å². The Bertz CT molecular complexity index is 1050. The van der Waals surface area contributed by atoms with Crippen molar-refractivity contribution in [3.63, 3.8) is 0 Å². The van der Waals surface area contributed by atoms with Crippen LogP contribution >= 0.6 is 0 Å². The van der Waals surface area contributed by atoms with Gasteiger partial charge in [0.05, 0.1) is 11.4 Å². The Kier molecular flexibility index (Phi) is 5.97. The number of benzene rings is 1. The van der Waals surface area contributed by atoms with Gasteiger partial charge in [0.15, 0.2) is 0 Å². The van der Waals surface area contributed by atoms with Gasteiger partial charge in [-0.05, 0) is 31.9 Å². The number of anilines is 1. The van der Waals surface area contributed by atoms with Crippen molar-refractivity contribution in [2.75, 3.05) is 32.5 Å².